The molecule has 0 radical (unpaired) electrons. The van der Waals surface area contributed by atoms with E-state index in [1.54, 1.807) is 12.1 Å². The number of hydrogen-bond donors (Lipinski definition) is 1. The molecule has 2 unspecified atom stereocenters. The van der Waals surface area contributed by atoms with Crippen LogP contribution in [0.3, 0.4) is 0 Å². The molecule has 1 aromatic rings. The number of nitrogens with one attached hydrogen (secondary N) is 1. The molecule has 9 heteroatoms. The van der Waals surface area contributed by atoms with Gasteiger partial charge in [0.2, 0.25) is 10.0 Å². The average Bonchev–Trinajstić information content (AvgIpc) is 2.73. The zero-order chi connectivity index (χ0) is 22.4. The Morgan fingerprint density at radius 2 is 1.74 bits per heavy atom. The fraction of sp³-hybridized carbons (Fsp3) is 0.682. The van der Waals surface area contributed by atoms with Gasteiger partial charge in [-0.3, -0.25) is 9.69 Å². The van der Waals surface area contributed by atoms with E-state index in [9.17, 15) is 13.2 Å². The summed E-state index contributed by atoms with van der Waals surface area (Å²) in [4.78, 5) is 17.4. The van der Waals surface area contributed by atoms with Gasteiger partial charge in [-0.25, -0.2) is 13.1 Å². The number of nitrogens with zero attached hydrogens (tertiary/aromatic N) is 2. The van der Waals surface area contributed by atoms with E-state index in [1.807, 2.05) is 4.90 Å². The molecule has 2 fully saturated rings. The highest BCUT2D eigenvalue weighted by molar-refractivity contribution is 7.89. The van der Waals surface area contributed by atoms with Gasteiger partial charge in [0.1, 0.15) is 0 Å². The van der Waals surface area contributed by atoms with Crippen molar-refractivity contribution in [3.8, 4) is 0 Å². The topological polar surface area (TPSA) is 88.2 Å². The van der Waals surface area contributed by atoms with Crippen LogP contribution in [-0.4, -0.2) is 89.3 Å². The van der Waals surface area contributed by atoms with E-state index in [0.717, 1.165) is 45.6 Å². The van der Waals surface area contributed by atoms with Gasteiger partial charge in [0.05, 0.1) is 23.7 Å². The van der Waals surface area contributed by atoms with Crippen LogP contribution in [0.2, 0.25) is 0 Å². The van der Waals surface area contributed by atoms with Crippen molar-refractivity contribution in [1.82, 2.24) is 14.5 Å². The van der Waals surface area contributed by atoms with E-state index in [0.29, 0.717) is 18.1 Å². The molecule has 174 valence electrons. The van der Waals surface area contributed by atoms with Gasteiger partial charge < -0.3 is 14.4 Å². The van der Waals surface area contributed by atoms with Crippen molar-refractivity contribution in [2.45, 2.75) is 43.8 Å². The fourth-order valence-electron chi connectivity index (χ4n) is 4.44. The van der Waals surface area contributed by atoms with Crippen LogP contribution in [0.5, 0.6) is 0 Å². The molecule has 2 aliphatic heterocycles. The van der Waals surface area contributed by atoms with Gasteiger partial charge in [0.25, 0.3) is 5.91 Å². The third-order valence-corrected chi connectivity index (χ3v) is 7.40. The second-order valence-electron chi connectivity index (χ2n) is 8.63. The van der Waals surface area contributed by atoms with E-state index in [2.05, 4.69) is 23.5 Å². The van der Waals surface area contributed by atoms with Crippen molar-refractivity contribution in [1.29, 1.82) is 0 Å². The van der Waals surface area contributed by atoms with Crippen LogP contribution in [0.4, 0.5) is 0 Å². The lowest BCUT2D eigenvalue weighted by Gasteiger charge is -2.39. The monoisotopic (exact) mass is 453 g/mol. The van der Waals surface area contributed by atoms with Crippen LogP contribution in [0.1, 0.15) is 37.0 Å². The molecule has 1 amide bonds. The Bertz CT molecular complexity index is 812. The van der Waals surface area contributed by atoms with Crippen molar-refractivity contribution in [3.05, 3.63) is 29.8 Å². The number of carbonyl (C=O) groups excluding carboxylic acids is 1. The molecule has 1 aromatic carbocycles. The summed E-state index contributed by atoms with van der Waals surface area (Å²) in [6.07, 6.45) is 2.52. The summed E-state index contributed by atoms with van der Waals surface area (Å²) in [5.74, 6) is 0.551. The van der Waals surface area contributed by atoms with Crippen molar-refractivity contribution >= 4 is 15.9 Å². The molecular formula is C22H35N3O5S. The van der Waals surface area contributed by atoms with Crippen LogP contribution in [0.25, 0.3) is 0 Å². The largest absolute Gasteiger partial charge is 0.383 e. The third-order valence-electron chi connectivity index (χ3n) is 5.92. The lowest BCUT2D eigenvalue weighted by molar-refractivity contribution is -0.0728. The first-order valence-electron chi connectivity index (χ1n) is 11.0. The number of piperidine rings is 1. The maximum Gasteiger partial charge on any atom is 0.253 e. The molecule has 8 nitrogen and oxygen atoms in total. The Hall–Kier alpha value is -1.52. The minimum atomic E-state index is -3.60. The molecule has 2 heterocycles. The Kier molecular flexibility index (Phi) is 8.46. The van der Waals surface area contributed by atoms with Crippen LogP contribution in [-0.2, 0) is 19.5 Å². The number of carbonyl (C=O) groups is 1. The Morgan fingerprint density at radius 3 is 2.32 bits per heavy atom. The van der Waals surface area contributed by atoms with Gasteiger partial charge in [-0.15, -0.1) is 0 Å². The first-order chi connectivity index (χ1) is 14.8. The number of amides is 1. The number of methoxy groups -OCH3 is 1. The third kappa shape index (κ3) is 6.73. The Morgan fingerprint density at radius 1 is 1.13 bits per heavy atom. The fourth-order valence-corrected chi connectivity index (χ4v) is 5.45. The van der Waals surface area contributed by atoms with Crippen LogP contribution in [0.15, 0.2) is 29.2 Å². The lowest BCUT2D eigenvalue weighted by Crippen LogP contribution is -2.48. The number of sulfonamides is 1. The summed E-state index contributed by atoms with van der Waals surface area (Å²) in [6.45, 7) is 9.22. The van der Waals surface area contributed by atoms with Crippen molar-refractivity contribution < 1.29 is 22.7 Å². The maximum atomic E-state index is 12.9. The Labute approximate surface area is 185 Å². The standard InChI is InChI=1S/C22H35N3O5S/c1-17-14-24(15-18(2)30-17)16-19-8-11-25(12-9-19)22(26)20-4-6-21(7-5-20)31(27,28)23-10-13-29-3/h4-7,17-19,23H,8-16H2,1-3H3. The molecule has 2 atom stereocenters. The van der Waals surface area contributed by atoms with E-state index in [-0.39, 0.29) is 29.6 Å². The maximum absolute atomic E-state index is 12.9. The number of ether oxygens (including phenoxy) is 2. The summed E-state index contributed by atoms with van der Waals surface area (Å²) in [5, 5.41) is 0. The molecule has 0 saturated carbocycles. The van der Waals surface area contributed by atoms with Gasteiger partial charge in [-0.1, -0.05) is 0 Å². The molecule has 0 aliphatic carbocycles. The lowest BCUT2D eigenvalue weighted by atomic mass is 9.95. The first-order valence-corrected chi connectivity index (χ1v) is 12.5. The van der Waals surface area contributed by atoms with Crippen molar-refractivity contribution in [2.24, 2.45) is 5.92 Å². The second kappa shape index (κ2) is 10.9. The molecule has 0 bridgehead atoms. The highest BCUT2D eigenvalue weighted by Gasteiger charge is 2.28. The van der Waals surface area contributed by atoms with Gasteiger partial charge in [-0.05, 0) is 56.9 Å². The normalized spacial score (nSPS) is 23.8. The average molecular weight is 454 g/mol. The van der Waals surface area contributed by atoms with Gasteiger partial charge in [0.15, 0.2) is 0 Å². The molecule has 0 spiro atoms. The smallest absolute Gasteiger partial charge is 0.253 e. The zero-order valence-electron chi connectivity index (χ0n) is 18.7. The SMILES string of the molecule is COCCNS(=O)(=O)c1ccc(C(=O)N2CCC(CN3CC(C)OC(C)C3)CC2)cc1. The summed E-state index contributed by atoms with van der Waals surface area (Å²) >= 11 is 0. The minimum absolute atomic E-state index is 0.0386. The highest BCUT2D eigenvalue weighted by atomic mass is 32.2. The highest BCUT2D eigenvalue weighted by Crippen LogP contribution is 2.22. The molecule has 2 saturated heterocycles. The molecule has 2 aliphatic rings. The Balaban J connectivity index is 1.50. The van der Waals surface area contributed by atoms with Crippen LogP contribution >= 0.6 is 0 Å². The zero-order valence-corrected chi connectivity index (χ0v) is 19.6. The van der Waals surface area contributed by atoms with Gasteiger partial charge in [-0.2, -0.15) is 0 Å². The predicted octanol–water partition coefficient (Wildman–Crippen LogP) is 1.57. The number of rotatable bonds is 8. The first kappa shape index (κ1) is 24.1. The summed E-state index contributed by atoms with van der Waals surface area (Å²) in [7, 11) is -2.08. The number of morpholine rings is 1. The molecule has 31 heavy (non-hydrogen) atoms. The quantitative estimate of drug-likeness (QED) is 0.601. The van der Waals surface area contributed by atoms with Gasteiger partial charge >= 0.3 is 0 Å². The minimum Gasteiger partial charge on any atom is -0.383 e. The summed E-state index contributed by atoms with van der Waals surface area (Å²) in [5.41, 5.74) is 0.519. The molecule has 0 aromatic heterocycles. The van der Waals surface area contributed by atoms with E-state index in [1.165, 1.54) is 19.2 Å². The van der Waals surface area contributed by atoms with Gasteiger partial charge in [0, 0.05) is 51.9 Å². The van der Waals surface area contributed by atoms with Crippen molar-refractivity contribution in [3.63, 3.8) is 0 Å². The summed E-state index contributed by atoms with van der Waals surface area (Å²) in [6, 6.07) is 6.15. The van der Waals surface area contributed by atoms with Crippen LogP contribution < -0.4 is 4.72 Å². The predicted molar refractivity (Wildman–Crippen MR) is 119 cm³/mol. The number of benzene rings is 1. The molecule has 3 rings (SSSR count). The van der Waals surface area contributed by atoms with E-state index < -0.39 is 10.0 Å². The number of likely N-dealkylation sites (tertiary alicyclic amines) is 1. The molecular weight excluding hydrogens is 418 g/mol. The summed E-state index contributed by atoms with van der Waals surface area (Å²) < 4.78 is 37.7. The van der Waals surface area contributed by atoms with Crippen molar-refractivity contribution in [2.75, 3.05) is 53.0 Å². The second-order valence-corrected chi connectivity index (χ2v) is 10.4. The van der Waals surface area contributed by atoms with E-state index in [4.69, 9.17) is 9.47 Å². The molecule has 1 N–H and O–H groups in total. The number of hydrogen-bond acceptors (Lipinski definition) is 6. The van der Waals surface area contributed by atoms with E-state index >= 15 is 0 Å². The van der Waals surface area contributed by atoms with Crippen LogP contribution in [0, 0.1) is 5.92 Å².